The van der Waals surface area contributed by atoms with E-state index in [1.807, 2.05) is 44.2 Å². The third kappa shape index (κ3) is 6.22. The summed E-state index contributed by atoms with van der Waals surface area (Å²) < 4.78 is 39.1. The van der Waals surface area contributed by atoms with E-state index in [1.54, 1.807) is 6.07 Å². The number of aliphatic hydroxyl groups excluding tert-OH is 1. The van der Waals surface area contributed by atoms with E-state index in [1.165, 1.54) is 16.4 Å². The lowest BCUT2D eigenvalue weighted by atomic mass is 9.88. The first kappa shape index (κ1) is 24.1. The summed E-state index contributed by atoms with van der Waals surface area (Å²) in [6, 6.07) is 16.5. The van der Waals surface area contributed by atoms with Crippen LogP contribution in [-0.4, -0.2) is 43.8 Å². The van der Waals surface area contributed by atoms with E-state index >= 15 is 0 Å². The number of rotatable bonds is 11. The zero-order valence-electron chi connectivity index (χ0n) is 18.5. The summed E-state index contributed by atoms with van der Waals surface area (Å²) >= 11 is 0. The van der Waals surface area contributed by atoms with Crippen LogP contribution < -0.4 is 9.47 Å². The second-order valence-electron chi connectivity index (χ2n) is 8.81. The number of ether oxygens (including phenoxy) is 2. The van der Waals surface area contributed by atoms with E-state index in [-0.39, 0.29) is 24.8 Å². The number of nitriles is 1. The summed E-state index contributed by atoms with van der Waals surface area (Å²) in [5.41, 5.74) is 0.657. The molecule has 0 aromatic heterocycles. The number of benzene rings is 2. The topological polar surface area (TPSA) is 99.9 Å². The highest BCUT2D eigenvalue weighted by Crippen LogP contribution is 2.35. The maximum absolute atomic E-state index is 13.5. The Bertz CT molecular complexity index is 1050. The Morgan fingerprint density at radius 1 is 1.16 bits per heavy atom. The lowest BCUT2D eigenvalue weighted by Gasteiger charge is -2.33. The zero-order valence-corrected chi connectivity index (χ0v) is 19.3. The number of hydrogen-bond donors (Lipinski definition) is 1. The summed E-state index contributed by atoms with van der Waals surface area (Å²) in [5, 5.41) is 19.7. The highest BCUT2D eigenvalue weighted by atomic mass is 32.2. The molecule has 0 unspecified atom stereocenters. The highest BCUT2D eigenvalue weighted by Gasteiger charge is 2.33. The van der Waals surface area contributed by atoms with Crippen LogP contribution in [0.1, 0.15) is 38.7 Å². The fraction of sp³-hybridized carbons (Fsp3) is 0.458. The number of fused-ring (bicyclic) bond motifs is 1. The fourth-order valence-corrected chi connectivity index (χ4v) is 5.37. The molecule has 0 aliphatic carbocycles. The molecule has 2 aromatic rings. The molecule has 0 radical (unpaired) electrons. The van der Waals surface area contributed by atoms with Crippen LogP contribution in [-0.2, 0) is 16.4 Å². The first-order valence-corrected chi connectivity index (χ1v) is 12.1. The van der Waals surface area contributed by atoms with Crippen molar-refractivity contribution in [2.45, 2.75) is 50.5 Å². The lowest BCUT2D eigenvalue weighted by molar-refractivity contribution is 0.121. The molecular weight excluding hydrogens is 428 g/mol. The quantitative estimate of drug-likeness (QED) is 0.551. The number of aryl methyl sites for hydroxylation is 1. The van der Waals surface area contributed by atoms with Gasteiger partial charge in [0.25, 0.3) is 0 Å². The Hall–Kier alpha value is -2.60. The van der Waals surface area contributed by atoms with Crippen molar-refractivity contribution in [1.82, 2.24) is 4.31 Å². The van der Waals surface area contributed by atoms with Gasteiger partial charge in [0, 0.05) is 25.6 Å². The standard InChI is InChI=1S/C24H30N2O5S/c1-24(2,13-6-14-25)17-26(16-20(27)10-9-19-7-4-3-5-8-19)32(28,29)21-11-12-22-23(15-21)31-18-30-22/h3-5,7-8,11-12,15,20,27H,6,9-10,13,16-18H2,1-2H3/t20-/m1/s1. The fourth-order valence-electron chi connectivity index (χ4n) is 3.69. The first-order chi connectivity index (χ1) is 15.2. The highest BCUT2D eigenvalue weighted by molar-refractivity contribution is 7.89. The van der Waals surface area contributed by atoms with Gasteiger partial charge in [-0.3, -0.25) is 0 Å². The maximum atomic E-state index is 13.5. The van der Waals surface area contributed by atoms with Gasteiger partial charge < -0.3 is 14.6 Å². The van der Waals surface area contributed by atoms with Gasteiger partial charge in [-0.05, 0) is 42.4 Å². The van der Waals surface area contributed by atoms with Gasteiger partial charge >= 0.3 is 0 Å². The average Bonchev–Trinajstić information content (AvgIpc) is 3.24. The van der Waals surface area contributed by atoms with Gasteiger partial charge in [-0.25, -0.2) is 8.42 Å². The minimum atomic E-state index is -3.90. The van der Waals surface area contributed by atoms with Crippen LogP contribution in [0, 0.1) is 16.7 Å². The molecule has 0 saturated heterocycles. The molecule has 3 rings (SSSR count). The van der Waals surface area contributed by atoms with Crippen molar-refractivity contribution in [3.8, 4) is 17.6 Å². The van der Waals surface area contributed by atoms with E-state index in [2.05, 4.69) is 6.07 Å². The van der Waals surface area contributed by atoms with Crippen molar-refractivity contribution in [3.63, 3.8) is 0 Å². The monoisotopic (exact) mass is 458 g/mol. The molecule has 8 heteroatoms. The second kappa shape index (κ2) is 10.3. The summed E-state index contributed by atoms with van der Waals surface area (Å²) in [6.45, 7) is 4.08. The maximum Gasteiger partial charge on any atom is 0.243 e. The van der Waals surface area contributed by atoms with E-state index in [0.717, 1.165) is 5.56 Å². The van der Waals surface area contributed by atoms with Crippen LogP contribution in [0.15, 0.2) is 53.4 Å². The van der Waals surface area contributed by atoms with Crippen molar-refractivity contribution >= 4 is 10.0 Å². The number of aliphatic hydroxyl groups is 1. The molecule has 0 saturated carbocycles. The van der Waals surface area contributed by atoms with Gasteiger partial charge in [0.05, 0.1) is 17.1 Å². The SMILES string of the molecule is CC(C)(CCC#N)CN(C[C@H](O)CCc1ccccc1)S(=O)(=O)c1ccc2c(c1)OCO2. The Morgan fingerprint density at radius 3 is 2.59 bits per heavy atom. The van der Waals surface area contributed by atoms with Gasteiger partial charge in [-0.1, -0.05) is 44.2 Å². The van der Waals surface area contributed by atoms with Gasteiger partial charge in [0.2, 0.25) is 16.8 Å². The normalized spacial score (nSPS) is 14.3. The molecule has 172 valence electrons. The Balaban J connectivity index is 1.80. The van der Waals surface area contributed by atoms with Crippen molar-refractivity contribution in [3.05, 3.63) is 54.1 Å². The minimum Gasteiger partial charge on any atom is -0.454 e. The van der Waals surface area contributed by atoms with Crippen LogP contribution in [0.3, 0.4) is 0 Å². The van der Waals surface area contributed by atoms with Crippen molar-refractivity contribution in [1.29, 1.82) is 5.26 Å². The van der Waals surface area contributed by atoms with Gasteiger partial charge in [0.1, 0.15) is 0 Å². The Morgan fingerprint density at radius 2 is 1.88 bits per heavy atom. The summed E-state index contributed by atoms with van der Waals surface area (Å²) in [6.07, 6.45) is 1.15. The predicted octanol–water partition coefficient (Wildman–Crippen LogP) is 3.73. The molecule has 0 amide bonds. The summed E-state index contributed by atoms with van der Waals surface area (Å²) in [4.78, 5) is 0.0908. The van der Waals surface area contributed by atoms with Crippen molar-refractivity contribution in [2.75, 3.05) is 19.9 Å². The van der Waals surface area contributed by atoms with E-state index in [4.69, 9.17) is 14.7 Å². The smallest absolute Gasteiger partial charge is 0.243 e. The van der Waals surface area contributed by atoms with Crippen LogP contribution in [0.4, 0.5) is 0 Å². The molecule has 1 aliphatic heterocycles. The predicted molar refractivity (Wildman–Crippen MR) is 121 cm³/mol. The van der Waals surface area contributed by atoms with E-state index < -0.39 is 21.5 Å². The van der Waals surface area contributed by atoms with E-state index in [0.29, 0.717) is 37.2 Å². The van der Waals surface area contributed by atoms with Gasteiger partial charge in [-0.2, -0.15) is 9.57 Å². The molecule has 1 aliphatic rings. The third-order valence-electron chi connectivity index (χ3n) is 5.52. The summed E-state index contributed by atoms with van der Waals surface area (Å²) in [5.74, 6) is 0.895. The molecule has 0 fully saturated rings. The molecule has 1 N–H and O–H groups in total. The summed E-state index contributed by atoms with van der Waals surface area (Å²) in [7, 11) is -3.90. The largest absolute Gasteiger partial charge is 0.454 e. The van der Waals surface area contributed by atoms with Crippen molar-refractivity contribution in [2.24, 2.45) is 5.41 Å². The zero-order chi connectivity index (χ0) is 23.2. The van der Waals surface area contributed by atoms with Gasteiger partial charge in [0.15, 0.2) is 11.5 Å². The minimum absolute atomic E-state index is 0.0282. The average molecular weight is 459 g/mol. The van der Waals surface area contributed by atoms with Crippen LogP contribution in [0.2, 0.25) is 0 Å². The van der Waals surface area contributed by atoms with Gasteiger partial charge in [-0.15, -0.1) is 0 Å². The van der Waals surface area contributed by atoms with Crippen molar-refractivity contribution < 1.29 is 23.0 Å². The van der Waals surface area contributed by atoms with Crippen LogP contribution in [0.25, 0.3) is 0 Å². The van der Waals surface area contributed by atoms with Crippen LogP contribution in [0.5, 0.6) is 11.5 Å². The molecule has 1 atom stereocenters. The molecule has 0 spiro atoms. The molecule has 7 nitrogen and oxygen atoms in total. The third-order valence-corrected chi connectivity index (χ3v) is 7.33. The molecular formula is C24H30N2O5S. The molecule has 2 aromatic carbocycles. The molecule has 1 heterocycles. The Kier molecular flexibility index (Phi) is 7.77. The van der Waals surface area contributed by atoms with E-state index in [9.17, 15) is 13.5 Å². The second-order valence-corrected chi connectivity index (χ2v) is 10.8. The Labute approximate surface area is 190 Å². The first-order valence-electron chi connectivity index (χ1n) is 10.7. The number of nitrogens with zero attached hydrogens (tertiary/aromatic N) is 2. The van der Waals surface area contributed by atoms with Crippen LogP contribution >= 0.6 is 0 Å². The number of sulfonamides is 1. The lowest BCUT2D eigenvalue weighted by Crippen LogP contribution is -2.43. The number of hydrogen-bond acceptors (Lipinski definition) is 6. The molecule has 32 heavy (non-hydrogen) atoms. The molecule has 0 bridgehead atoms.